The van der Waals surface area contributed by atoms with Gasteiger partial charge in [0.1, 0.15) is 0 Å². The van der Waals surface area contributed by atoms with E-state index in [1.807, 2.05) is 16.9 Å². The van der Waals surface area contributed by atoms with Gasteiger partial charge in [-0.1, -0.05) is 19.1 Å². The van der Waals surface area contributed by atoms with Crippen molar-refractivity contribution in [1.82, 2.24) is 15.1 Å². The van der Waals surface area contributed by atoms with Crippen molar-refractivity contribution in [3.8, 4) is 5.69 Å². The van der Waals surface area contributed by atoms with Gasteiger partial charge in [0.2, 0.25) is 0 Å². The zero-order valence-corrected chi connectivity index (χ0v) is 9.56. The second-order valence-electron chi connectivity index (χ2n) is 3.80. The summed E-state index contributed by atoms with van der Waals surface area (Å²) in [7, 11) is 0. The van der Waals surface area contributed by atoms with E-state index >= 15 is 0 Å². The maximum atomic E-state index is 4.22. The second-order valence-corrected chi connectivity index (χ2v) is 3.80. The predicted octanol–water partition coefficient (Wildman–Crippen LogP) is 2.37. The van der Waals surface area contributed by atoms with E-state index in [1.54, 1.807) is 6.20 Å². The van der Waals surface area contributed by atoms with Gasteiger partial charge in [0.25, 0.3) is 0 Å². The first-order valence-corrected chi connectivity index (χ1v) is 5.70. The third-order valence-corrected chi connectivity index (χ3v) is 2.44. The zero-order valence-electron chi connectivity index (χ0n) is 9.56. The second kappa shape index (κ2) is 5.47. The summed E-state index contributed by atoms with van der Waals surface area (Å²) in [6, 6.07) is 10.4. The Morgan fingerprint density at radius 3 is 3.00 bits per heavy atom. The topological polar surface area (TPSA) is 29.9 Å². The summed E-state index contributed by atoms with van der Waals surface area (Å²) in [4.78, 5) is 0. The van der Waals surface area contributed by atoms with E-state index in [9.17, 15) is 0 Å². The molecule has 1 aromatic heterocycles. The molecule has 3 heteroatoms. The van der Waals surface area contributed by atoms with Crippen molar-refractivity contribution in [3.63, 3.8) is 0 Å². The highest BCUT2D eigenvalue weighted by atomic mass is 15.3. The van der Waals surface area contributed by atoms with Crippen molar-refractivity contribution >= 4 is 0 Å². The fourth-order valence-corrected chi connectivity index (χ4v) is 1.64. The minimum absolute atomic E-state index is 0.920. The molecule has 0 spiro atoms. The minimum atomic E-state index is 0.920. The Hall–Kier alpha value is -1.61. The average Bonchev–Trinajstić information content (AvgIpc) is 2.83. The molecule has 1 aromatic carbocycles. The summed E-state index contributed by atoms with van der Waals surface area (Å²) in [5, 5.41) is 7.61. The van der Waals surface area contributed by atoms with Crippen LogP contribution in [0.2, 0.25) is 0 Å². The summed E-state index contributed by atoms with van der Waals surface area (Å²) in [5.41, 5.74) is 2.40. The lowest BCUT2D eigenvalue weighted by molar-refractivity contribution is 0.675. The molecule has 16 heavy (non-hydrogen) atoms. The van der Waals surface area contributed by atoms with E-state index < -0.39 is 0 Å². The van der Waals surface area contributed by atoms with Crippen LogP contribution in [0.5, 0.6) is 0 Å². The van der Waals surface area contributed by atoms with Crippen molar-refractivity contribution in [1.29, 1.82) is 0 Å². The molecule has 84 valence electrons. The molecule has 2 aromatic rings. The third-order valence-electron chi connectivity index (χ3n) is 2.44. The molecule has 0 aliphatic carbocycles. The highest BCUT2D eigenvalue weighted by molar-refractivity contribution is 5.34. The molecule has 0 aliphatic heterocycles. The SMILES string of the molecule is CCCNCc1cccc(-n2cccn2)c1. The van der Waals surface area contributed by atoms with E-state index in [4.69, 9.17) is 0 Å². The van der Waals surface area contributed by atoms with Gasteiger partial charge in [0.15, 0.2) is 0 Å². The number of nitrogens with zero attached hydrogens (tertiary/aromatic N) is 2. The molecule has 1 heterocycles. The van der Waals surface area contributed by atoms with Crippen LogP contribution >= 0.6 is 0 Å². The summed E-state index contributed by atoms with van der Waals surface area (Å²) < 4.78 is 1.88. The molecule has 0 saturated carbocycles. The van der Waals surface area contributed by atoms with Gasteiger partial charge in [-0.3, -0.25) is 0 Å². The smallest absolute Gasteiger partial charge is 0.0648 e. The Labute approximate surface area is 96.1 Å². The molecular weight excluding hydrogens is 198 g/mol. The van der Waals surface area contributed by atoms with Gasteiger partial charge < -0.3 is 5.32 Å². The van der Waals surface area contributed by atoms with E-state index in [0.717, 1.165) is 18.8 Å². The predicted molar refractivity (Wildman–Crippen MR) is 65.6 cm³/mol. The number of rotatable bonds is 5. The number of nitrogens with one attached hydrogen (secondary N) is 1. The molecule has 0 saturated heterocycles. The average molecular weight is 215 g/mol. The van der Waals surface area contributed by atoms with Gasteiger partial charge >= 0.3 is 0 Å². The van der Waals surface area contributed by atoms with Crippen LogP contribution in [-0.4, -0.2) is 16.3 Å². The first kappa shape index (κ1) is 10.9. The van der Waals surface area contributed by atoms with Crippen LogP contribution in [0.15, 0.2) is 42.7 Å². The molecule has 0 bridgehead atoms. The Kier molecular flexibility index (Phi) is 3.72. The first-order valence-electron chi connectivity index (χ1n) is 5.70. The normalized spacial score (nSPS) is 10.6. The van der Waals surface area contributed by atoms with Crippen molar-refractivity contribution < 1.29 is 0 Å². The van der Waals surface area contributed by atoms with Crippen molar-refractivity contribution in [3.05, 3.63) is 48.3 Å². The molecule has 1 N–H and O–H groups in total. The zero-order chi connectivity index (χ0) is 11.2. The Balaban J connectivity index is 2.08. The minimum Gasteiger partial charge on any atom is -0.313 e. The molecule has 3 nitrogen and oxygen atoms in total. The van der Waals surface area contributed by atoms with Gasteiger partial charge in [-0.05, 0) is 36.7 Å². The Morgan fingerprint density at radius 1 is 1.31 bits per heavy atom. The van der Waals surface area contributed by atoms with E-state index in [0.29, 0.717) is 0 Å². The fourth-order valence-electron chi connectivity index (χ4n) is 1.64. The molecule has 0 atom stereocenters. The highest BCUT2D eigenvalue weighted by Gasteiger charge is 1.97. The van der Waals surface area contributed by atoms with E-state index in [-0.39, 0.29) is 0 Å². The third kappa shape index (κ3) is 2.70. The van der Waals surface area contributed by atoms with Crippen molar-refractivity contribution in [2.45, 2.75) is 19.9 Å². The van der Waals surface area contributed by atoms with Crippen LogP contribution in [0.3, 0.4) is 0 Å². The van der Waals surface area contributed by atoms with Crippen molar-refractivity contribution in [2.24, 2.45) is 0 Å². The number of aromatic nitrogens is 2. The van der Waals surface area contributed by atoms with E-state index in [2.05, 4.69) is 41.6 Å². The Morgan fingerprint density at radius 2 is 2.25 bits per heavy atom. The number of benzene rings is 1. The monoisotopic (exact) mass is 215 g/mol. The molecular formula is C13H17N3. The first-order chi connectivity index (χ1) is 7.90. The van der Waals surface area contributed by atoms with Crippen LogP contribution in [0.4, 0.5) is 0 Å². The molecule has 0 fully saturated rings. The van der Waals surface area contributed by atoms with E-state index in [1.165, 1.54) is 12.0 Å². The van der Waals surface area contributed by atoms with Crippen LogP contribution in [0.25, 0.3) is 5.69 Å². The lowest BCUT2D eigenvalue weighted by atomic mass is 10.2. The van der Waals surface area contributed by atoms with Gasteiger partial charge in [0, 0.05) is 18.9 Å². The number of hydrogen-bond donors (Lipinski definition) is 1. The molecule has 0 aliphatic rings. The van der Waals surface area contributed by atoms with Gasteiger partial charge in [-0.2, -0.15) is 5.10 Å². The maximum Gasteiger partial charge on any atom is 0.0648 e. The van der Waals surface area contributed by atoms with Gasteiger partial charge in [-0.15, -0.1) is 0 Å². The van der Waals surface area contributed by atoms with Crippen molar-refractivity contribution in [2.75, 3.05) is 6.54 Å². The van der Waals surface area contributed by atoms with Crippen LogP contribution < -0.4 is 5.32 Å². The summed E-state index contributed by atoms with van der Waals surface area (Å²) >= 11 is 0. The molecule has 0 radical (unpaired) electrons. The maximum absolute atomic E-state index is 4.22. The Bertz CT molecular complexity index is 421. The quantitative estimate of drug-likeness (QED) is 0.776. The largest absolute Gasteiger partial charge is 0.313 e. The summed E-state index contributed by atoms with van der Waals surface area (Å²) in [6.07, 6.45) is 4.92. The standard InChI is InChI=1S/C13H17N3/c1-2-7-14-11-12-5-3-6-13(10-12)16-9-4-8-15-16/h3-6,8-10,14H,2,7,11H2,1H3. The highest BCUT2D eigenvalue weighted by Crippen LogP contribution is 2.09. The van der Waals surface area contributed by atoms with Crippen LogP contribution in [0.1, 0.15) is 18.9 Å². The van der Waals surface area contributed by atoms with Crippen LogP contribution in [-0.2, 0) is 6.54 Å². The summed E-state index contributed by atoms with van der Waals surface area (Å²) in [5.74, 6) is 0. The fraction of sp³-hybridized carbons (Fsp3) is 0.308. The number of hydrogen-bond acceptors (Lipinski definition) is 2. The molecule has 0 amide bonds. The lowest BCUT2D eigenvalue weighted by Gasteiger charge is -2.06. The van der Waals surface area contributed by atoms with Gasteiger partial charge in [-0.25, -0.2) is 4.68 Å². The molecule has 0 unspecified atom stereocenters. The van der Waals surface area contributed by atoms with Gasteiger partial charge in [0.05, 0.1) is 5.69 Å². The molecule has 2 rings (SSSR count). The lowest BCUT2D eigenvalue weighted by Crippen LogP contribution is -2.13. The summed E-state index contributed by atoms with van der Waals surface area (Å²) in [6.45, 7) is 4.15. The van der Waals surface area contributed by atoms with Crippen LogP contribution in [0, 0.1) is 0 Å².